The molecule has 0 aliphatic carbocycles. The van der Waals surface area contributed by atoms with Gasteiger partial charge in [-0.3, -0.25) is 9.59 Å². The predicted molar refractivity (Wildman–Crippen MR) is 225 cm³/mol. The number of allylic oxidation sites excluding steroid dienone is 4. The average molecular weight is 753 g/mol. The molecule has 0 aromatic carbocycles. The molecule has 8 heteroatoms. The van der Waals surface area contributed by atoms with Crippen LogP contribution >= 0.6 is 11.8 Å². The molecule has 0 spiro atoms. The van der Waals surface area contributed by atoms with Crippen molar-refractivity contribution in [1.29, 1.82) is 0 Å². The number of nitrogens with one attached hydrogen (secondary N) is 1. The molecule has 7 nitrogen and oxygen atoms in total. The fourth-order valence-electron chi connectivity index (χ4n) is 6.30. The SMILES string of the molecule is CCCCC/C=C\C/C=C\CCCCCCCC(=O)OCCC(NC(=O)CSCCN(C)CCO)C(O)CCCCCCCCCCCCCCC. The maximum atomic E-state index is 12.8. The first-order chi connectivity index (χ1) is 25.4. The molecule has 0 bridgehead atoms. The van der Waals surface area contributed by atoms with E-state index in [0.29, 0.717) is 31.6 Å². The van der Waals surface area contributed by atoms with Gasteiger partial charge in [-0.2, -0.15) is 11.8 Å². The maximum Gasteiger partial charge on any atom is 0.305 e. The molecule has 2 atom stereocenters. The second-order valence-electron chi connectivity index (χ2n) is 14.8. The lowest BCUT2D eigenvalue weighted by atomic mass is 10.00. The van der Waals surface area contributed by atoms with Crippen LogP contribution in [0.4, 0.5) is 0 Å². The number of rotatable bonds is 40. The summed E-state index contributed by atoms with van der Waals surface area (Å²) in [6.45, 7) is 6.26. The smallest absolute Gasteiger partial charge is 0.305 e. The van der Waals surface area contributed by atoms with Gasteiger partial charge in [-0.05, 0) is 52.0 Å². The van der Waals surface area contributed by atoms with Gasteiger partial charge < -0.3 is 25.2 Å². The lowest BCUT2D eigenvalue weighted by molar-refractivity contribution is -0.144. The van der Waals surface area contributed by atoms with Crippen molar-refractivity contribution < 1.29 is 24.5 Å². The Kier molecular flexibility index (Phi) is 39.8. The van der Waals surface area contributed by atoms with Crippen molar-refractivity contribution in [2.45, 2.75) is 199 Å². The molecule has 52 heavy (non-hydrogen) atoms. The van der Waals surface area contributed by atoms with Crippen molar-refractivity contribution in [1.82, 2.24) is 10.2 Å². The molecule has 0 saturated heterocycles. The summed E-state index contributed by atoms with van der Waals surface area (Å²) in [4.78, 5) is 27.2. The number of carbonyl (C=O) groups excluding carboxylic acids is 2. The highest BCUT2D eigenvalue weighted by Gasteiger charge is 2.22. The average Bonchev–Trinajstić information content (AvgIpc) is 3.13. The molecule has 0 aliphatic heterocycles. The van der Waals surface area contributed by atoms with E-state index in [1.54, 1.807) is 11.8 Å². The number of hydrogen-bond acceptors (Lipinski definition) is 7. The second-order valence-corrected chi connectivity index (χ2v) is 15.9. The minimum Gasteiger partial charge on any atom is -0.466 e. The number of likely N-dealkylation sites (N-methyl/N-ethyl adjacent to an activating group) is 1. The van der Waals surface area contributed by atoms with Gasteiger partial charge in [-0.25, -0.2) is 0 Å². The van der Waals surface area contributed by atoms with Crippen LogP contribution < -0.4 is 5.32 Å². The predicted octanol–water partition coefficient (Wildman–Crippen LogP) is 10.7. The summed E-state index contributed by atoms with van der Waals surface area (Å²) in [6, 6.07) is -0.425. The van der Waals surface area contributed by atoms with Gasteiger partial charge in [0.15, 0.2) is 0 Å². The number of amides is 1. The van der Waals surface area contributed by atoms with Gasteiger partial charge in [0.1, 0.15) is 0 Å². The molecule has 0 rings (SSSR count). The number of aliphatic hydroxyl groups excluding tert-OH is 2. The summed E-state index contributed by atoms with van der Waals surface area (Å²) in [5.41, 5.74) is 0. The zero-order valence-electron chi connectivity index (χ0n) is 34.3. The molecule has 0 aromatic rings. The fraction of sp³-hybridized carbons (Fsp3) is 0.864. The van der Waals surface area contributed by atoms with Gasteiger partial charge in [0.05, 0.1) is 31.1 Å². The summed E-state index contributed by atoms with van der Waals surface area (Å²) in [7, 11) is 1.96. The van der Waals surface area contributed by atoms with Crippen LogP contribution in [-0.2, 0) is 14.3 Å². The Labute approximate surface area is 326 Å². The van der Waals surface area contributed by atoms with Crippen molar-refractivity contribution in [2.75, 3.05) is 44.9 Å². The number of unbranched alkanes of at least 4 members (excludes halogenated alkanes) is 20. The highest BCUT2D eigenvalue weighted by atomic mass is 32.2. The van der Waals surface area contributed by atoms with Crippen molar-refractivity contribution in [3.05, 3.63) is 24.3 Å². The Bertz CT molecular complexity index is 839. The van der Waals surface area contributed by atoms with Crippen molar-refractivity contribution in [3.8, 4) is 0 Å². The minimum atomic E-state index is -0.655. The molecule has 0 radical (unpaired) electrons. The van der Waals surface area contributed by atoms with Crippen LogP contribution in [0, 0.1) is 0 Å². The van der Waals surface area contributed by atoms with Crippen LogP contribution in [0.5, 0.6) is 0 Å². The van der Waals surface area contributed by atoms with Crippen LogP contribution in [0.25, 0.3) is 0 Å². The van der Waals surface area contributed by atoms with E-state index >= 15 is 0 Å². The van der Waals surface area contributed by atoms with E-state index in [0.717, 1.165) is 57.2 Å². The van der Waals surface area contributed by atoms with Gasteiger partial charge in [0.2, 0.25) is 5.91 Å². The molecule has 0 saturated carbocycles. The molecule has 0 aliphatic rings. The number of esters is 1. The summed E-state index contributed by atoms with van der Waals surface area (Å²) < 4.78 is 5.55. The third kappa shape index (κ3) is 37.0. The molecular weight excluding hydrogens is 669 g/mol. The summed E-state index contributed by atoms with van der Waals surface area (Å²) in [5.74, 6) is 0.827. The Hall–Kier alpha value is -1.35. The number of aliphatic hydroxyl groups is 2. The van der Waals surface area contributed by atoms with Gasteiger partial charge in [-0.15, -0.1) is 0 Å². The van der Waals surface area contributed by atoms with Crippen LogP contribution in [-0.4, -0.2) is 84.0 Å². The summed E-state index contributed by atoms with van der Waals surface area (Å²) >= 11 is 1.55. The van der Waals surface area contributed by atoms with E-state index in [9.17, 15) is 14.7 Å². The molecule has 0 heterocycles. The molecule has 0 fully saturated rings. The van der Waals surface area contributed by atoms with E-state index in [4.69, 9.17) is 9.84 Å². The number of ether oxygens (including phenoxy) is 1. The van der Waals surface area contributed by atoms with E-state index in [2.05, 4.69) is 43.5 Å². The van der Waals surface area contributed by atoms with Crippen molar-refractivity contribution in [2.24, 2.45) is 0 Å². The fourth-order valence-corrected chi connectivity index (χ4v) is 7.16. The van der Waals surface area contributed by atoms with Crippen LogP contribution in [0.2, 0.25) is 0 Å². The highest BCUT2D eigenvalue weighted by molar-refractivity contribution is 7.99. The molecule has 0 aromatic heterocycles. The number of hydrogen-bond donors (Lipinski definition) is 3. The van der Waals surface area contributed by atoms with Crippen molar-refractivity contribution >= 4 is 23.6 Å². The molecule has 2 unspecified atom stereocenters. The Morgan fingerprint density at radius 2 is 1.21 bits per heavy atom. The zero-order chi connectivity index (χ0) is 38.2. The Morgan fingerprint density at radius 1 is 0.692 bits per heavy atom. The second kappa shape index (κ2) is 40.8. The standard InChI is InChI=1S/C44H84N2O5S/c1-4-6-8-10-12-14-16-18-19-21-23-25-27-29-31-33-44(50)51-38-34-41(45-43(49)40-52-39-36-46(3)35-37-47)42(48)32-30-28-26-24-22-20-17-15-13-11-9-7-5-2/h12,14,18-19,41-42,47-48H,4-11,13,15-17,20-40H2,1-3H3,(H,45,49)/b14-12-,19-18-. The molecule has 3 N–H and O–H groups in total. The Balaban J connectivity index is 4.30. The lowest BCUT2D eigenvalue weighted by Crippen LogP contribution is -2.45. The topological polar surface area (TPSA) is 99.1 Å². The first-order valence-electron chi connectivity index (χ1n) is 21.7. The molecular formula is C44H84N2O5S. The zero-order valence-corrected chi connectivity index (χ0v) is 35.1. The van der Waals surface area contributed by atoms with Gasteiger partial charge in [0.25, 0.3) is 0 Å². The van der Waals surface area contributed by atoms with Crippen molar-refractivity contribution in [3.63, 3.8) is 0 Å². The number of thioether (sulfide) groups is 1. The first kappa shape index (κ1) is 50.6. The van der Waals surface area contributed by atoms with Gasteiger partial charge in [-0.1, -0.05) is 154 Å². The molecule has 1 amide bonds. The lowest BCUT2D eigenvalue weighted by Gasteiger charge is -2.24. The highest BCUT2D eigenvalue weighted by Crippen LogP contribution is 2.16. The van der Waals surface area contributed by atoms with E-state index in [-0.39, 0.29) is 25.1 Å². The summed E-state index contributed by atoms with van der Waals surface area (Å²) in [6.07, 6.45) is 39.2. The molecule has 306 valence electrons. The maximum absolute atomic E-state index is 12.8. The monoisotopic (exact) mass is 753 g/mol. The normalized spacial score (nSPS) is 13.0. The van der Waals surface area contributed by atoms with Crippen LogP contribution in [0.3, 0.4) is 0 Å². The van der Waals surface area contributed by atoms with E-state index in [1.165, 1.54) is 109 Å². The number of carbonyl (C=O) groups is 2. The summed E-state index contributed by atoms with van der Waals surface area (Å²) in [5, 5.41) is 23.2. The Morgan fingerprint density at radius 3 is 1.81 bits per heavy atom. The third-order valence-corrected chi connectivity index (χ3v) is 10.7. The van der Waals surface area contributed by atoms with Gasteiger partial charge in [0, 0.05) is 31.7 Å². The quantitative estimate of drug-likeness (QED) is 0.0326. The minimum absolute atomic E-state index is 0.0966. The van der Waals surface area contributed by atoms with Crippen LogP contribution in [0.1, 0.15) is 187 Å². The third-order valence-electron chi connectivity index (χ3n) is 9.77. The largest absolute Gasteiger partial charge is 0.466 e. The van der Waals surface area contributed by atoms with E-state index < -0.39 is 12.1 Å². The van der Waals surface area contributed by atoms with Crippen LogP contribution in [0.15, 0.2) is 24.3 Å². The first-order valence-corrected chi connectivity index (χ1v) is 22.9. The van der Waals surface area contributed by atoms with E-state index in [1.807, 2.05) is 11.9 Å². The van der Waals surface area contributed by atoms with Gasteiger partial charge >= 0.3 is 5.97 Å². The number of nitrogens with zero attached hydrogens (tertiary/aromatic N) is 1.